The SMILES string of the molecule is CN=C(NCCc1cccc2cccnc12)N1CCOC(c2cnn(C)c2)C1.I. The van der Waals surface area contributed by atoms with Crippen LogP contribution in [-0.4, -0.2) is 58.9 Å². The fourth-order valence-corrected chi connectivity index (χ4v) is 3.66. The van der Waals surface area contributed by atoms with E-state index in [1.807, 2.05) is 43.4 Å². The van der Waals surface area contributed by atoms with E-state index in [4.69, 9.17) is 4.74 Å². The Kier molecular flexibility index (Phi) is 7.43. The Morgan fingerprint density at radius 2 is 2.17 bits per heavy atom. The third-order valence-corrected chi connectivity index (χ3v) is 5.07. The zero-order valence-corrected chi connectivity index (χ0v) is 19.1. The topological polar surface area (TPSA) is 67.6 Å². The zero-order valence-electron chi connectivity index (χ0n) is 16.8. The molecule has 0 saturated carbocycles. The molecule has 1 N–H and O–H groups in total. The summed E-state index contributed by atoms with van der Waals surface area (Å²) in [6.45, 7) is 3.07. The molecule has 0 amide bonds. The number of halogens is 1. The maximum absolute atomic E-state index is 5.94. The van der Waals surface area contributed by atoms with Crippen LogP contribution in [0.3, 0.4) is 0 Å². The smallest absolute Gasteiger partial charge is 0.193 e. The second kappa shape index (κ2) is 10.0. The van der Waals surface area contributed by atoms with Crippen LogP contribution in [0.25, 0.3) is 10.9 Å². The first-order chi connectivity index (χ1) is 13.7. The maximum Gasteiger partial charge on any atom is 0.193 e. The van der Waals surface area contributed by atoms with Gasteiger partial charge in [-0.1, -0.05) is 24.3 Å². The van der Waals surface area contributed by atoms with Crippen LogP contribution < -0.4 is 5.32 Å². The minimum Gasteiger partial charge on any atom is -0.370 e. The minimum atomic E-state index is 0. The van der Waals surface area contributed by atoms with Crippen molar-refractivity contribution in [3.63, 3.8) is 0 Å². The predicted molar refractivity (Wildman–Crippen MR) is 126 cm³/mol. The van der Waals surface area contributed by atoms with Crippen LogP contribution in [0, 0.1) is 0 Å². The largest absolute Gasteiger partial charge is 0.370 e. The number of hydrogen-bond acceptors (Lipinski definition) is 4. The van der Waals surface area contributed by atoms with Crippen LogP contribution in [0.15, 0.2) is 53.9 Å². The molecule has 1 saturated heterocycles. The highest BCUT2D eigenvalue weighted by atomic mass is 127. The molecule has 7 nitrogen and oxygen atoms in total. The number of nitrogens with one attached hydrogen (secondary N) is 1. The Bertz CT molecular complexity index is 967. The molecule has 4 rings (SSSR count). The molecule has 0 radical (unpaired) electrons. The molecule has 3 heterocycles. The molecule has 1 fully saturated rings. The van der Waals surface area contributed by atoms with Gasteiger partial charge in [0.2, 0.25) is 0 Å². The number of aliphatic imine (C=N–C) groups is 1. The van der Waals surface area contributed by atoms with Crippen molar-refractivity contribution in [1.82, 2.24) is 25.0 Å². The third kappa shape index (κ3) is 5.05. The Hall–Kier alpha value is -2.20. The van der Waals surface area contributed by atoms with Gasteiger partial charge in [0.05, 0.1) is 24.9 Å². The van der Waals surface area contributed by atoms with E-state index in [0.29, 0.717) is 6.61 Å². The number of benzene rings is 1. The molecule has 0 spiro atoms. The molecule has 1 atom stereocenters. The predicted octanol–water partition coefficient (Wildman–Crippen LogP) is 2.78. The number of nitrogens with zero attached hydrogens (tertiary/aromatic N) is 5. The quantitative estimate of drug-likeness (QED) is 0.335. The normalized spacial score (nSPS) is 17.2. The van der Waals surface area contributed by atoms with Crippen molar-refractivity contribution < 1.29 is 4.74 Å². The molecule has 3 aromatic rings. The van der Waals surface area contributed by atoms with Crippen LogP contribution in [0.2, 0.25) is 0 Å². The summed E-state index contributed by atoms with van der Waals surface area (Å²) in [5.41, 5.74) is 3.42. The van der Waals surface area contributed by atoms with Gasteiger partial charge >= 0.3 is 0 Å². The highest BCUT2D eigenvalue weighted by molar-refractivity contribution is 14.0. The van der Waals surface area contributed by atoms with E-state index in [0.717, 1.165) is 43.1 Å². The number of aryl methyl sites for hydroxylation is 1. The molecule has 1 aromatic carbocycles. The van der Waals surface area contributed by atoms with E-state index in [1.54, 1.807) is 0 Å². The second-order valence-electron chi connectivity index (χ2n) is 6.97. The van der Waals surface area contributed by atoms with Gasteiger partial charge in [-0.15, -0.1) is 24.0 Å². The minimum absolute atomic E-state index is 0. The molecule has 1 aliphatic rings. The lowest BCUT2D eigenvalue weighted by molar-refractivity contribution is -0.00800. The molecule has 2 aromatic heterocycles. The van der Waals surface area contributed by atoms with Crippen LogP contribution in [0.4, 0.5) is 0 Å². The first kappa shape index (κ1) is 21.5. The fraction of sp³-hybridized carbons (Fsp3) is 0.381. The Morgan fingerprint density at radius 1 is 1.31 bits per heavy atom. The second-order valence-corrected chi connectivity index (χ2v) is 6.97. The maximum atomic E-state index is 5.94. The van der Waals surface area contributed by atoms with E-state index >= 15 is 0 Å². The summed E-state index contributed by atoms with van der Waals surface area (Å²) in [7, 11) is 3.75. The summed E-state index contributed by atoms with van der Waals surface area (Å²) in [6.07, 6.45) is 6.65. The summed E-state index contributed by atoms with van der Waals surface area (Å²) in [4.78, 5) is 11.3. The molecule has 8 heteroatoms. The monoisotopic (exact) mass is 506 g/mol. The Balaban J connectivity index is 0.00000240. The van der Waals surface area contributed by atoms with Gasteiger partial charge < -0.3 is 15.0 Å². The van der Waals surface area contributed by atoms with Gasteiger partial charge in [0.1, 0.15) is 6.10 Å². The highest BCUT2D eigenvalue weighted by Crippen LogP contribution is 2.21. The van der Waals surface area contributed by atoms with Crippen molar-refractivity contribution in [3.8, 4) is 0 Å². The van der Waals surface area contributed by atoms with Crippen molar-refractivity contribution in [2.45, 2.75) is 12.5 Å². The molecule has 0 bridgehead atoms. The molecule has 0 aliphatic carbocycles. The fourth-order valence-electron chi connectivity index (χ4n) is 3.66. The van der Waals surface area contributed by atoms with Gasteiger partial charge in [-0.25, -0.2) is 0 Å². The third-order valence-electron chi connectivity index (χ3n) is 5.07. The summed E-state index contributed by atoms with van der Waals surface area (Å²) in [6, 6.07) is 10.4. The summed E-state index contributed by atoms with van der Waals surface area (Å²) < 4.78 is 7.75. The highest BCUT2D eigenvalue weighted by Gasteiger charge is 2.25. The lowest BCUT2D eigenvalue weighted by Gasteiger charge is -2.34. The summed E-state index contributed by atoms with van der Waals surface area (Å²) >= 11 is 0. The number of aromatic nitrogens is 3. The Morgan fingerprint density at radius 3 is 2.97 bits per heavy atom. The van der Waals surface area contributed by atoms with E-state index in [-0.39, 0.29) is 30.1 Å². The van der Waals surface area contributed by atoms with Crippen molar-refractivity contribution in [2.24, 2.45) is 12.0 Å². The average Bonchev–Trinajstić information content (AvgIpc) is 3.18. The molecule has 1 aliphatic heterocycles. The van der Waals surface area contributed by atoms with Crippen LogP contribution >= 0.6 is 24.0 Å². The number of guanidine groups is 1. The van der Waals surface area contributed by atoms with E-state index in [1.165, 1.54) is 10.9 Å². The molecule has 154 valence electrons. The first-order valence-electron chi connectivity index (χ1n) is 9.63. The average molecular weight is 506 g/mol. The van der Waals surface area contributed by atoms with Crippen LogP contribution in [0.5, 0.6) is 0 Å². The van der Waals surface area contributed by atoms with E-state index < -0.39 is 0 Å². The van der Waals surface area contributed by atoms with Gasteiger partial charge in [0.15, 0.2) is 5.96 Å². The van der Waals surface area contributed by atoms with Crippen LogP contribution in [0.1, 0.15) is 17.2 Å². The van der Waals surface area contributed by atoms with Gasteiger partial charge in [-0.05, 0) is 18.1 Å². The molecule has 1 unspecified atom stereocenters. The molecular weight excluding hydrogens is 479 g/mol. The first-order valence-corrected chi connectivity index (χ1v) is 9.63. The number of pyridine rings is 1. The van der Waals surface area contributed by atoms with E-state index in [9.17, 15) is 0 Å². The summed E-state index contributed by atoms with van der Waals surface area (Å²) in [5.74, 6) is 0.908. The standard InChI is InChI=1S/C21H26N6O.HI/c1-22-21(27-11-12-28-19(15-27)18-13-25-26(2)14-18)24-10-8-17-6-3-5-16-7-4-9-23-20(16)17;/h3-7,9,13-14,19H,8,10-12,15H2,1-2H3,(H,22,24);1H. The van der Waals surface area contributed by atoms with Gasteiger partial charge in [-0.2, -0.15) is 5.10 Å². The van der Waals surface area contributed by atoms with Crippen molar-refractivity contribution in [3.05, 3.63) is 60.0 Å². The van der Waals surface area contributed by atoms with Crippen molar-refractivity contribution in [2.75, 3.05) is 33.3 Å². The lowest BCUT2D eigenvalue weighted by Crippen LogP contribution is -2.48. The van der Waals surface area contributed by atoms with Gasteiger partial charge in [-0.3, -0.25) is 14.7 Å². The number of rotatable bonds is 4. The van der Waals surface area contributed by atoms with Crippen molar-refractivity contribution >= 4 is 40.8 Å². The van der Waals surface area contributed by atoms with Gasteiger partial charge in [0, 0.05) is 50.5 Å². The molecule has 29 heavy (non-hydrogen) atoms. The zero-order chi connectivity index (χ0) is 19.3. The number of morpholine rings is 1. The van der Waals surface area contributed by atoms with Crippen molar-refractivity contribution in [1.29, 1.82) is 0 Å². The van der Waals surface area contributed by atoms with E-state index in [2.05, 4.69) is 49.6 Å². The molecular formula is C21H27IN6O. The number of ether oxygens (including phenoxy) is 1. The number of hydrogen-bond donors (Lipinski definition) is 1. The Labute approximate surface area is 188 Å². The number of para-hydroxylation sites is 1. The van der Waals surface area contributed by atoms with Gasteiger partial charge in [0.25, 0.3) is 0 Å². The summed E-state index contributed by atoms with van der Waals surface area (Å²) in [5, 5.41) is 8.94. The van der Waals surface area contributed by atoms with Crippen LogP contribution in [-0.2, 0) is 18.2 Å². The number of fused-ring (bicyclic) bond motifs is 1. The lowest BCUT2D eigenvalue weighted by atomic mass is 10.1.